The van der Waals surface area contributed by atoms with E-state index in [-0.39, 0.29) is 27.9 Å². The molecule has 0 saturated carbocycles. The maximum absolute atomic E-state index is 14.6. The number of alkyl halides is 3. The van der Waals surface area contributed by atoms with Crippen molar-refractivity contribution in [2.75, 3.05) is 0 Å². The Morgan fingerprint density at radius 3 is 2.63 bits per heavy atom. The number of amides is 1. The molecule has 0 spiro atoms. The minimum Gasteiger partial charge on any atom is -0.452 e. The number of hydrogen-bond donors (Lipinski definition) is 2. The van der Waals surface area contributed by atoms with Crippen LogP contribution in [0.5, 0.6) is 0 Å². The molecule has 30 heavy (non-hydrogen) atoms. The fourth-order valence-electron chi connectivity index (χ4n) is 3.13. The molecule has 3 rings (SSSR count). The third kappa shape index (κ3) is 3.86. The van der Waals surface area contributed by atoms with E-state index >= 15 is 0 Å². The van der Waals surface area contributed by atoms with Gasteiger partial charge in [0.05, 0.1) is 11.1 Å². The molecule has 0 unspecified atom stereocenters. The predicted molar refractivity (Wildman–Crippen MR) is 95.2 cm³/mol. The predicted octanol–water partition coefficient (Wildman–Crippen LogP) is 2.13. The van der Waals surface area contributed by atoms with Crippen LogP contribution in [0.3, 0.4) is 0 Å². The number of halogens is 4. The summed E-state index contributed by atoms with van der Waals surface area (Å²) in [6, 6.07) is 3.55. The number of rotatable bonds is 3. The first-order valence-electron chi connectivity index (χ1n) is 8.39. The van der Waals surface area contributed by atoms with E-state index in [1.807, 2.05) is 6.07 Å². The van der Waals surface area contributed by atoms with E-state index in [1.54, 1.807) is 0 Å². The zero-order valence-corrected chi connectivity index (χ0v) is 15.4. The Balaban J connectivity index is 2.17. The van der Waals surface area contributed by atoms with Crippen LogP contribution in [0, 0.1) is 17.3 Å². The Kier molecular flexibility index (Phi) is 5.07. The number of aromatic nitrogens is 2. The molecule has 8 nitrogen and oxygen atoms in total. The zero-order chi connectivity index (χ0) is 22.3. The number of ether oxygens (including phenoxy) is 1. The maximum atomic E-state index is 14.6. The van der Waals surface area contributed by atoms with Crippen LogP contribution in [-0.4, -0.2) is 34.2 Å². The summed E-state index contributed by atoms with van der Waals surface area (Å²) >= 11 is 0. The lowest BCUT2D eigenvalue weighted by Gasteiger charge is -2.35. The van der Waals surface area contributed by atoms with Gasteiger partial charge in [-0.1, -0.05) is 0 Å². The van der Waals surface area contributed by atoms with E-state index in [0.717, 1.165) is 12.4 Å². The topological polar surface area (TPSA) is 140 Å². The Bertz CT molecular complexity index is 1100. The van der Waals surface area contributed by atoms with Crippen molar-refractivity contribution in [3.8, 4) is 17.2 Å². The lowest BCUT2D eigenvalue weighted by atomic mass is 9.85. The summed E-state index contributed by atoms with van der Waals surface area (Å²) in [5.41, 5.74) is 8.68. The smallest absolute Gasteiger partial charge is 0.425 e. The van der Waals surface area contributed by atoms with Crippen molar-refractivity contribution in [2.24, 2.45) is 16.5 Å². The van der Waals surface area contributed by atoms with Crippen LogP contribution in [0.25, 0.3) is 11.1 Å². The molecule has 0 aromatic carbocycles. The van der Waals surface area contributed by atoms with Gasteiger partial charge in [0.25, 0.3) is 11.9 Å². The van der Waals surface area contributed by atoms with E-state index in [2.05, 4.69) is 19.7 Å². The van der Waals surface area contributed by atoms with Crippen LogP contribution in [0.1, 0.15) is 35.0 Å². The van der Waals surface area contributed by atoms with Gasteiger partial charge in [0.15, 0.2) is 6.10 Å². The number of nitriles is 1. The molecule has 3 heterocycles. The second kappa shape index (κ2) is 7.25. The first kappa shape index (κ1) is 21.0. The minimum absolute atomic E-state index is 0.0651. The number of aliphatic imine (C=N–C) groups is 1. The molecule has 2 aromatic heterocycles. The van der Waals surface area contributed by atoms with Gasteiger partial charge >= 0.3 is 6.18 Å². The molecule has 0 fully saturated rings. The van der Waals surface area contributed by atoms with Gasteiger partial charge in [-0.3, -0.25) is 4.79 Å². The van der Waals surface area contributed by atoms with Gasteiger partial charge in [-0.25, -0.2) is 15.0 Å². The lowest BCUT2D eigenvalue weighted by molar-refractivity contribution is -0.208. The van der Waals surface area contributed by atoms with Crippen molar-refractivity contribution in [1.82, 2.24) is 9.97 Å². The highest BCUT2D eigenvalue weighted by Crippen LogP contribution is 2.41. The molecule has 1 aliphatic heterocycles. The second-order valence-electron chi connectivity index (χ2n) is 6.73. The van der Waals surface area contributed by atoms with E-state index in [9.17, 15) is 22.4 Å². The normalized spacial score (nSPS) is 21.3. The van der Waals surface area contributed by atoms with Crippen molar-refractivity contribution >= 4 is 11.9 Å². The molecular weight excluding hydrogens is 408 g/mol. The molecule has 1 aliphatic rings. The fraction of sp³-hybridized carbons (Fsp3) is 0.278. The third-order valence-corrected chi connectivity index (χ3v) is 4.55. The highest BCUT2D eigenvalue weighted by molar-refractivity contribution is 5.98. The number of amidine groups is 1. The third-order valence-electron chi connectivity index (χ3n) is 4.55. The summed E-state index contributed by atoms with van der Waals surface area (Å²) in [7, 11) is 0. The molecule has 0 saturated heterocycles. The van der Waals surface area contributed by atoms with Gasteiger partial charge in [0.1, 0.15) is 11.8 Å². The Hall–Kier alpha value is -3.75. The summed E-state index contributed by atoms with van der Waals surface area (Å²) in [5.74, 6) is -2.00. The Morgan fingerprint density at radius 1 is 1.33 bits per heavy atom. The average Bonchev–Trinajstić information content (AvgIpc) is 2.66. The molecule has 4 N–H and O–H groups in total. The quantitative estimate of drug-likeness (QED) is 0.574. The first-order chi connectivity index (χ1) is 13.9. The van der Waals surface area contributed by atoms with E-state index in [4.69, 9.17) is 16.7 Å². The van der Waals surface area contributed by atoms with Crippen LogP contribution < -0.4 is 11.5 Å². The molecule has 0 bridgehead atoms. The number of primary amides is 1. The maximum Gasteiger partial charge on any atom is 0.425 e. The summed E-state index contributed by atoms with van der Waals surface area (Å²) in [6.45, 7) is 1.25. The highest BCUT2D eigenvalue weighted by atomic mass is 19.4. The summed E-state index contributed by atoms with van der Waals surface area (Å²) < 4.78 is 58.7. The van der Waals surface area contributed by atoms with Crippen LogP contribution in [0.2, 0.25) is 0 Å². The molecule has 1 amide bonds. The van der Waals surface area contributed by atoms with Gasteiger partial charge in [-0.2, -0.15) is 22.8 Å². The summed E-state index contributed by atoms with van der Waals surface area (Å²) in [5, 5.41) is 9.08. The number of nitrogens with zero attached hydrogens (tertiary/aromatic N) is 4. The second-order valence-corrected chi connectivity index (χ2v) is 6.73. The largest absolute Gasteiger partial charge is 0.452 e. The van der Waals surface area contributed by atoms with Crippen molar-refractivity contribution in [3.05, 3.63) is 47.3 Å². The SMILES string of the molecule is C[C@@]1(c2cc(-c3cc(C#N)cnc3C(N)=O)cnc2F)C[C@@H](C(F)(F)F)OC(N)=N1. The van der Waals surface area contributed by atoms with E-state index in [1.165, 1.54) is 19.1 Å². The van der Waals surface area contributed by atoms with Gasteiger partial charge in [0, 0.05) is 35.5 Å². The summed E-state index contributed by atoms with van der Waals surface area (Å²) in [4.78, 5) is 23.0. The van der Waals surface area contributed by atoms with Crippen LogP contribution in [0.4, 0.5) is 17.6 Å². The zero-order valence-electron chi connectivity index (χ0n) is 15.4. The average molecular weight is 422 g/mol. The van der Waals surface area contributed by atoms with Crippen LogP contribution >= 0.6 is 0 Å². The van der Waals surface area contributed by atoms with Crippen molar-refractivity contribution in [1.29, 1.82) is 5.26 Å². The Morgan fingerprint density at radius 2 is 2.03 bits per heavy atom. The standard InChI is InChI=1S/C18H14F4N6O2/c1-17(4-12(18(20,21)22)30-16(25)28-17)11-3-9(7-27-14(11)19)10-2-8(5-23)6-26-13(10)15(24)29/h2-3,6-7,12H,4H2,1H3,(H2,24,29)(H2,25,28)/t12-,17-/m0/s1. The number of carbonyl (C=O) groups is 1. The van der Waals surface area contributed by atoms with E-state index < -0.39 is 42.1 Å². The highest BCUT2D eigenvalue weighted by Gasteiger charge is 2.50. The van der Waals surface area contributed by atoms with Crippen molar-refractivity contribution in [3.63, 3.8) is 0 Å². The molecule has 156 valence electrons. The molecule has 2 aromatic rings. The minimum atomic E-state index is -4.76. The first-order valence-corrected chi connectivity index (χ1v) is 8.39. The van der Waals surface area contributed by atoms with Crippen LogP contribution in [0.15, 0.2) is 29.5 Å². The van der Waals surface area contributed by atoms with Gasteiger partial charge in [-0.15, -0.1) is 0 Å². The molecule has 12 heteroatoms. The molecule has 0 aliphatic carbocycles. The Labute approximate surface area is 167 Å². The summed E-state index contributed by atoms with van der Waals surface area (Å²) in [6.07, 6.45) is -5.64. The van der Waals surface area contributed by atoms with Gasteiger partial charge in [0.2, 0.25) is 5.95 Å². The number of hydrogen-bond acceptors (Lipinski definition) is 7. The number of pyridine rings is 2. The van der Waals surface area contributed by atoms with Crippen molar-refractivity contribution in [2.45, 2.75) is 31.2 Å². The van der Waals surface area contributed by atoms with Crippen molar-refractivity contribution < 1.29 is 27.1 Å². The van der Waals surface area contributed by atoms with Crippen LogP contribution in [-0.2, 0) is 10.3 Å². The molecule has 2 atom stereocenters. The molecular formula is C18H14F4N6O2. The lowest BCUT2D eigenvalue weighted by Crippen LogP contribution is -2.46. The molecule has 0 radical (unpaired) electrons. The van der Waals surface area contributed by atoms with Gasteiger partial charge < -0.3 is 16.2 Å². The number of nitrogens with two attached hydrogens (primary N) is 2. The fourth-order valence-corrected chi connectivity index (χ4v) is 3.13. The number of carbonyl (C=O) groups excluding carboxylic acids is 1. The van der Waals surface area contributed by atoms with E-state index in [0.29, 0.717) is 0 Å². The van der Waals surface area contributed by atoms with Gasteiger partial charge in [-0.05, 0) is 19.1 Å². The monoisotopic (exact) mass is 422 g/mol.